The van der Waals surface area contributed by atoms with Gasteiger partial charge in [-0.1, -0.05) is 56.0 Å². The van der Waals surface area contributed by atoms with Crippen LogP contribution in [-0.4, -0.2) is 12.5 Å². The molecule has 0 atom stereocenters. The molecule has 0 saturated heterocycles. The van der Waals surface area contributed by atoms with Crippen LogP contribution in [0.5, 0.6) is 0 Å². The second-order valence-electron chi connectivity index (χ2n) is 5.93. The summed E-state index contributed by atoms with van der Waals surface area (Å²) in [5.74, 6) is -0.846. The van der Waals surface area contributed by atoms with Crippen molar-refractivity contribution in [2.45, 2.75) is 46.5 Å². The summed E-state index contributed by atoms with van der Waals surface area (Å²) in [4.78, 5) is 12.0. The molecule has 1 aromatic rings. The molecule has 0 aliphatic rings. The van der Waals surface area contributed by atoms with Gasteiger partial charge in [0.1, 0.15) is 5.82 Å². The summed E-state index contributed by atoms with van der Waals surface area (Å²) in [6.45, 7) is 6.98. The highest BCUT2D eigenvalue weighted by Crippen LogP contribution is 2.23. The Morgan fingerprint density at radius 3 is 2.70 bits per heavy atom. The van der Waals surface area contributed by atoms with E-state index in [1.54, 1.807) is 6.07 Å². The molecule has 0 unspecified atom stereocenters. The lowest BCUT2D eigenvalue weighted by Gasteiger charge is -2.25. The number of hydrogen-bond donors (Lipinski definition) is 1. The van der Waals surface area contributed by atoms with Crippen LogP contribution in [0, 0.1) is 11.2 Å². The van der Waals surface area contributed by atoms with Gasteiger partial charge in [-0.05, 0) is 30.0 Å². The van der Waals surface area contributed by atoms with Gasteiger partial charge >= 0.3 is 0 Å². The minimum Gasteiger partial charge on any atom is -0.351 e. The first-order chi connectivity index (χ1) is 9.35. The zero-order chi connectivity index (χ0) is 15.2. The van der Waals surface area contributed by atoms with Crippen molar-refractivity contribution in [1.82, 2.24) is 5.32 Å². The molecule has 20 heavy (non-hydrogen) atoms. The van der Waals surface area contributed by atoms with Crippen molar-refractivity contribution in [3.63, 3.8) is 0 Å². The van der Waals surface area contributed by atoms with Crippen molar-refractivity contribution in [1.29, 1.82) is 0 Å². The fraction of sp³-hybridized carbons (Fsp3) is 0.562. The van der Waals surface area contributed by atoms with Crippen molar-refractivity contribution in [3.8, 4) is 0 Å². The first-order valence-corrected chi connectivity index (χ1v) is 7.88. The molecular weight excluding hydrogens is 321 g/mol. The van der Waals surface area contributed by atoms with Gasteiger partial charge < -0.3 is 5.32 Å². The third-order valence-corrected chi connectivity index (χ3v) is 3.85. The molecule has 112 valence electrons. The average molecular weight is 344 g/mol. The largest absolute Gasteiger partial charge is 0.351 e. The Morgan fingerprint density at radius 2 is 2.05 bits per heavy atom. The average Bonchev–Trinajstić information content (AvgIpc) is 2.39. The van der Waals surface area contributed by atoms with Crippen LogP contribution in [0.1, 0.15) is 56.8 Å². The topological polar surface area (TPSA) is 29.1 Å². The van der Waals surface area contributed by atoms with Gasteiger partial charge in [-0.3, -0.25) is 4.79 Å². The maximum atomic E-state index is 13.6. The third kappa shape index (κ3) is 5.61. The van der Waals surface area contributed by atoms with Crippen molar-refractivity contribution in [2.24, 2.45) is 5.41 Å². The van der Waals surface area contributed by atoms with Crippen LogP contribution in [0.3, 0.4) is 0 Å². The van der Waals surface area contributed by atoms with Gasteiger partial charge in [0.2, 0.25) is 0 Å². The first-order valence-electron chi connectivity index (χ1n) is 7.09. The van der Waals surface area contributed by atoms with Crippen LogP contribution in [0.15, 0.2) is 22.7 Å². The molecule has 1 aromatic carbocycles. The number of rotatable bonds is 7. The molecule has 0 aliphatic heterocycles. The number of benzene rings is 1. The van der Waals surface area contributed by atoms with Crippen LogP contribution in [0.4, 0.5) is 4.39 Å². The van der Waals surface area contributed by atoms with Gasteiger partial charge in [0, 0.05) is 11.0 Å². The monoisotopic (exact) mass is 343 g/mol. The van der Waals surface area contributed by atoms with Gasteiger partial charge in [0.15, 0.2) is 0 Å². The van der Waals surface area contributed by atoms with Gasteiger partial charge in [-0.25, -0.2) is 4.39 Å². The fourth-order valence-corrected chi connectivity index (χ4v) is 2.39. The SMILES string of the molecule is CCCCCC(C)(C)CNC(=O)c1cc(Br)ccc1F. The molecule has 0 spiro atoms. The standard InChI is InChI=1S/C16H23BrFNO/c1-4-5-6-9-16(2,3)11-19-15(20)13-10-12(17)7-8-14(13)18/h7-8,10H,4-6,9,11H2,1-3H3,(H,19,20). The lowest BCUT2D eigenvalue weighted by Crippen LogP contribution is -2.34. The molecule has 1 amide bonds. The molecule has 1 N–H and O–H groups in total. The molecule has 0 fully saturated rings. The van der Waals surface area contributed by atoms with E-state index in [4.69, 9.17) is 0 Å². The highest BCUT2D eigenvalue weighted by atomic mass is 79.9. The van der Waals surface area contributed by atoms with E-state index in [-0.39, 0.29) is 16.9 Å². The zero-order valence-corrected chi connectivity index (χ0v) is 14.0. The van der Waals surface area contributed by atoms with Crippen LogP contribution < -0.4 is 5.32 Å². The third-order valence-electron chi connectivity index (χ3n) is 3.36. The molecule has 0 radical (unpaired) electrons. The molecule has 0 heterocycles. The molecule has 0 aromatic heterocycles. The van der Waals surface area contributed by atoms with E-state index in [9.17, 15) is 9.18 Å². The predicted molar refractivity (Wildman–Crippen MR) is 84.4 cm³/mol. The van der Waals surface area contributed by atoms with Crippen molar-refractivity contribution < 1.29 is 9.18 Å². The minimum absolute atomic E-state index is 0.0350. The van der Waals surface area contributed by atoms with Crippen LogP contribution in [0.25, 0.3) is 0 Å². The summed E-state index contributed by atoms with van der Waals surface area (Å²) >= 11 is 3.25. The Balaban J connectivity index is 2.56. The normalized spacial score (nSPS) is 11.4. The smallest absolute Gasteiger partial charge is 0.254 e. The summed E-state index contributed by atoms with van der Waals surface area (Å²) in [7, 11) is 0. The van der Waals surface area contributed by atoms with Crippen LogP contribution in [0.2, 0.25) is 0 Å². The van der Waals surface area contributed by atoms with E-state index in [2.05, 4.69) is 42.0 Å². The maximum Gasteiger partial charge on any atom is 0.254 e. The van der Waals surface area contributed by atoms with E-state index >= 15 is 0 Å². The number of hydrogen-bond acceptors (Lipinski definition) is 1. The number of amides is 1. The van der Waals surface area contributed by atoms with Crippen molar-refractivity contribution in [2.75, 3.05) is 6.54 Å². The molecule has 0 saturated carbocycles. The quantitative estimate of drug-likeness (QED) is 0.699. The minimum atomic E-state index is -0.491. The molecule has 0 aliphatic carbocycles. The number of nitrogens with one attached hydrogen (secondary N) is 1. The van der Waals surface area contributed by atoms with Crippen LogP contribution in [-0.2, 0) is 0 Å². The molecule has 4 heteroatoms. The molecule has 0 bridgehead atoms. The number of unbranched alkanes of at least 4 members (excludes halogenated alkanes) is 2. The summed E-state index contributed by atoms with van der Waals surface area (Å²) in [5, 5.41) is 2.83. The van der Waals surface area contributed by atoms with Gasteiger partial charge in [-0.15, -0.1) is 0 Å². The predicted octanol–water partition coefficient (Wildman–Crippen LogP) is 4.92. The van der Waals surface area contributed by atoms with E-state index in [0.29, 0.717) is 11.0 Å². The summed E-state index contributed by atoms with van der Waals surface area (Å²) in [5.41, 5.74) is 0.122. The lowest BCUT2D eigenvalue weighted by atomic mass is 9.87. The van der Waals surface area contributed by atoms with Gasteiger partial charge in [0.05, 0.1) is 5.56 Å². The maximum absolute atomic E-state index is 13.6. The Morgan fingerprint density at radius 1 is 1.35 bits per heavy atom. The highest BCUT2D eigenvalue weighted by molar-refractivity contribution is 9.10. The van der Waals surface area contributed by atoms with Gasteiger partial charge in [-0.2, -0.15) is 0 Å². The zero-order valence-electron chi connectivity index (χ0n) is 12.4. The molecule has 1 rings (SSSR count). The molecule has 2 nitrogen and oxygen atoms in total. The summed E-state index contributed by atoms with van der Waals surface area (Å²) in [6, 6.07) is 4.39. The Kier molecular flexibility index (Phi) is 6.66. The molecular formula is C16H23BrFNO. The van der Waals surface area contributed by atoms with E-state index < -0.39 is 5.82 Å². The number of carbonyl (C=O) groups is 1. The Bertz CT molecular complexity index is 460. The van der Waals surface area contributed by atoms with E-state index in [0.717, 1.165) is 12.8 Å². The second-order valence-corrected chi connectivity index (χ2v) is 6.84. The van der Waals surface area contributed by atoms with Gasteiger partial charge in [0.25, 0.3) is 5.91 Å². The summed E-state index contributed by atoms with van der Waals surface area (Å²) in [6.07, 6.45) is 4.61. The van der Waals surface area contributed by atoms with E-state index in [1.807, 2.05) is 0 Å². The number of carbonyl (C=O) groups excluding carboxylic acids is 1. The highest BCUT2D eigenvalue weighted by Gasteiger charge is 2.20. The second kappa shape index (κ2) is 7.77. The Hall–Kier alpha value is -0.900. The Labute approximate surface area is 129 Å². The number of halogens is 2. The van der Waals surface area contributed by atoms with Crippen molar-refractivity contribution in [3.05, 3.63) is 34.1 Å². The van der Waals surface area contributed by atoms with Crippen LogP contribution >= 0.6 is 15.9 Å². The van der Waals surface area contributed by atoms with E-state index in [1.165, 1.54) is 25.0 Å². The fourth-order valence-electron chi connectivity index (χ4n) is 2.03. The first kappa shape index (κ1) is 17.2. The summed E-state index contributed by atoms with van der Waals surface area (Å²) < 4.78 is 14.3. The van der Waals surface area contributed by atoms with Crippen molar-refractivity contribution >= 4 is 21.8 Å². The lowest BCUT2D eigenvalue weighted by molar-refractivity contribution is 0.0930.